The van der Waals surface area contributed by atoms with E-state index in [4.69, 9.17) is 10.2 Å². The van der Waals surface area contributed by atoms with Crippen molar-refractivity contribution >= 4 is 47.4 Å². The summed E-state index contributed by atoms with van der Waals surface area (Å²) in [7, 11) is 2.30. The van der Waals surface area contributed by atoms with Crippen molar-refractivity contribution in [3.05, 3.63) is 0 Å². The highest BCUT2D eigenvalue weighted by Crippen LogP contribution is 2.43. The molecule has 196 valence electrons. The number of carbonyl (C=O) groups excluding carboxylic acids is 6. The number of amides is 6. The maximum absolute atomic E-state index is 11.4. The lowest BCUT2D eigenvalue weighted by Crippen LogP contribution is -2.83. The van der Waals surface area contributed by atoms with Crippen LogP contribution in [-0.4, -0.2) is 94.6 Å². The number of aliphatic carboxylic acids is 2. The second-order valence-corrected chi connectivity index (χ2v) is 6.07. The Balaban J connectivity index is -0.000000237. The summed E-state index contributed by atoms with van der Waals surface area (Å²) in [5.74, 6) is -9.64. The lowest BCUT2D eigenvalue weighted by atomic mass is 9.69. The topological polar surface area (TPSA) is 208 Å². The van der Waals surface area contributed by atoms with E-state index in [0.29, 0.717) is 0 Å². The number of imide groups is 2. The van der Waals surface area contributed by atoms with Crippen LogP contribution in [0.15, 0.2) is 0 Å². The number of likely N-dealkylation sites (tertiary alicyclic amines) is 2. The largest absolute Gasteiger partial charge is 0.480 e. The fraction of sp³-hybridized carbons (Fsp3) is 0.600. The summed E-state index contributed by atoms with van der Waals surface area (Å²) in [5.41, 5.74) is -5.13. The Labute approximate surface area is 198 Å². The average molecular weight is 493 g/mol. The standard InChI is InChI=1S/C8H12N2O6.C8H8N2O4.4CH4/c1-3-10-5(12)8(6(13)14,7(15)16)4(11)9-2;1-3-10-6(13)8(7(10)14)4(11)9(2)5(8)12;;;;/h3H2,1-2H3,(H,9,11)(H,10,12)(H,13,14)(H,15,16);3H2,1-2H3;4*1H4. The van der Waals surface area contributed by atoms with Gasteiger partial charge in [0.1, 0.15) is 0 Å². The summed E-state index contributed by atoms with van der Waals surface area (Å²) in [6, 6.07) is 0. The molecule has 1 spiro atoms. The van der Waals surface area contributed by atoms with Gasteiger partial charge in [0.2, 0.25) is 0 Å². The Morgan fingerprint density at radius 3 is 1.47 bits per heavy atom. The summed E-state index contributed by atoms with van der Waals surface area (Å²) < 4.78 is 0. The molecule has 0 aliphatic carbocycles. The molecule has 34 heavy (non-hydrogen) atoms. The van der Waals surface area contributed by atoms with Gasteiger partial charge < -0.3 is 20.8 Å². The van der Waals surface area contributed by atoms with Gasteiger partial charge in [-0.3, -0.25) is 38.6 Å². The normalized spacial score (nSPS) is 14.8. The van der Waals surface area contributed by atoms with Crippen LogP contribution in [0.4, 0.5) is 0 Å². The minimum absolute atomic E-state index is 0. The van der Waals surface area contributed by atoms with E-state index < -0.39 is 58.2 Å². The fourth-order valence-electron chi connectivity index (χ4n) is 2.89. The number of hydrogen-bond donors (Lipinski definition) is 4. The van der Waals surface area contributed by atoms with Crippen LogP contribution in [0.5, 0.6) is 0 Å². The van der Waals surface area contributed by atoms with Gasteiger partial charge in [0.25, 0.3) is 40.9 Å². The van der Waals surface area contributed by atoms with Gasteiger partial charge in [-0.15, -0.1) is 0 Å². The number of hydrogen-bond acceptors (Lipinski definition) is 8. The SMILES string of the molecule is C.C.C.C.CCN1C(=O)C2(C(=O)N(C)C2=O)C1=O.CCNC(=O)C(C(=O)O)(C(=O)O)C(=O)NC. The monoisotopic (exact) mass is 492 g/mol. The van der Waals surface area contributed by atoms with Crippen LogP contribution in [0.1, 0.15) is 43.6 Å². The van der Waals surface area contributed by atoms with Crippen molar-refractivity contribution in [3.63, 3.8) is 0 Å². The summed E-state index contributed by atoms with van der Waals surface area (Å²) in [5, 5.41) is 21.4. The van der Waals surface area contributed by atoms with Crippen molar-refractivity contribution < 1.29 is 48.6 Å². The Morgan fingerprint density at radius 2 is 1.21 bits per heavy atom. The Morgan fingerprint density at radius 1 is 0.824 bits per heavy atom. The van der Waals surface area contributed by atoms with Crippen LogP contribution in [0.3, 0.4) is 0 Å². The van der Waals surface area contributed by atoms with E-state index in [1.165, 1.54) is 14.0 Å². The molecule has 4 N–H and O–H groups in total. The highest BCUT2D eigenvalue weighted by atomic mass is 16.4. The smallest absolute Gasteiger partial charge is 0.340 e. The molecule has 0 aromatic carbocycles. The maximum atomic E-state index is 11.4. The predicted molar refractivity (Wildman–Crippen MR) is 120 cm³/mol. The third-order valence-corrected chi connectivity index (χ3v) is 4.59. The fourth-order valence-corrected chi connectivity index (χ4v) is 2.89. The van der Waals surface area contributed by atoms with Gasteiger partial charge >= 0.3 is 17.4 Å². The first-order valence-corrected chi connectivity index (χ1v) is 8.51. The quantitative estimate of drug-likeness (QED) is 0.261. The van der Waals surface area contributed by atoms with Gasteiger partial charge in [0.15, 0.2) is 0 Å². The average Bonchev–Trinajstić information content (AvgIpc) is 2.68. The molecule has 0 saturated carbocycles. The van der Waals surface area contributed by atoms with E-state index in [9.17, 15) is 38.4 Å². The van der Waals surface area contributed by atoms with Crippen LogP contribution in [0.25, 0.3) is 0 Å². The van der Waals surface area contributed by atoms with Gasteiger partial charge in [0.05, 0.1) is 0 Å². The van der Waals surface area contributed by atoms with Crippen molar-refractivity contribution in [2.45, 2.75) is 43.6 Å². The van der Waals surface area contributed by atoms with Crippen LogP contribution >= 0.6 is 0 Å². The molecular weight excluding hydrogens is 456 g/mol. The molecule has 14 nitrogen and oxygen atoms in total. The number of carboxylic acid groups (broad SMARTS) is 2. The van der Waals surface area contributed by atoms with E-state index in [2.05, 4.69) is 0 Å². The minimum Gasteiger partial charge on any atom is -0.480 e. The molecule has 0 aromatic rings. The number of β-lactam (4-membered cyclic amide) rings is 4. The molecule has 0 aromatic heterocycles. The van der Waals surface area contributed by atoms with Crippen molar-refractivity contribution in [3.8, 4) is 0 Å². The van der Waals surface area contributed by atoms with Gasteiger partial charge in [0, 0.05) is 27.2 Å². The van der Waals surface area contributed by atoms with Gasteiger partial charge in [-0.1, -0.05) is 29.7 Å². The minimum atomic E-state index is -3.15. The maximum Gasteiger partial charge on any atom is 0.340 e. The lowest BCUT2D eigenvalue weighted by Gasteiger charge is -2.51. The molecule has 0 unspecified atom stereocenters. The molecular formula is C20H36N4O10. The number of carbonyl (C=O) groups is 8. The lowest BCUT2D eigenvalue weighted by molar-refractivity contribution is -0.198. The molecule has 0 atom stereocenters. The van der Waals surface area contributed by atoms with E-state index in [1.54, 1.807) is 6.92 Å². The molecule has 0 radical (unpaired) electrons. The highest BCUT2D eigenvalue weighted by Gasteiger charge is 2.79. The van der Waals surface area contributed by atoms with Crippen LogP contribution < -0.4 is 10.6 Å². The van der Waals surface area contributed by atoms with Crippen LogP contribution in [0, 0.1) is 10.8 Å². The van der Waals surface area contributed by atoms with E-state index in [-0.39, 0.29) is 42.8 Å². The molecule has 6 amide bonds. The molecule has 2 saturated heterocycles. The first kappa shape index (κ1) is 37.5. The summed E-state index contributed by atoms with van der Waals surface area (Å²) in [6.45, 7) is 3.29. The predicted octanol–water partition coefficient (Wildman–Crippen LogP) is -1.07. The zero-order chi connectivity index (χ0) is 23.6. The Kier molecular flexibility index (Phi) is 14.3. The van der Waals surface area contributed by atoms with Crippen molar-refractivity contribution in [1.82, 2.24) is 20.4 Å². The van der Waals surface area contributed by atoms with Crippen LogP contribution in [-0.2, 0) is 38.4 Å². The molecule has 2 aliphatic rings. The summed E-state index contributed by atoms with van der Waals surface area (Å²) in [4.78, 5) is 91.6. The van der Waals surface area contributed by atoms with Gasteiger partial charge in [-0.25, -0.2) is 9.59 Å². The molecule has 2 heterocycles. The summed E-state index contributed by atoms with van der Waals surface area (Å²) >= 11 is 0. The first-order chi connectivity index (χ1) is 13.8. The third kappa shape index (κ3) is 4.61. The zero-order valence-corrected chi connectivity index (χ0v) is 16.5. The highest BCUT2D eigenvalue weighted by molar-refractivity contribution is 6.52. The Bertz CT molecular complexity index is 819. The van der Waals surface area contributed by atoms with Crippen molar-refractivity contribution in [1.29, 1.82) is 0 Å². The summed E-state index contributed by atoms with van der Waals surface area (Å²) in [6.07, 6.45) is 0. The van der Waals surface area contributed by atoms with Crippen molar-refractivity contribution in [2.75, 3.05) is 27.2 Å². The molecule has 0 bridgehead atoms. The van der Waals surface area contributed by atoms with E-state index >= 15 is 0 Å². The molecule has 2 fully saturated rings. The van der Waals surface area contributed by atoms with Gasteiger partial charge in [-0.2, -0.15) is 0 Å². The molecule has 2 rings (SSSR count). The number of rotatable bonds is 6. The zero-order valence-electron chi connectivity index (χ0n) is 16.5. The van der Waals surface area contributed by atoms with E-state index in [0.717, 1.165) is 16.8 Å². The number of carboxylic acids is 2. The van der Waals surface area contributed by atoms with Gasteiger partial charge in [-0.05, 0) is 13.8 Å². The first-order valence-electron chi connectivity index (χ1n) is 8.51. The van der Waals surface area contributed by atoms with Crippen LogP contribution in [0.2, 0.25) is 0 Å². The molecule has 2 aliphatic heterocycles. The van der Waals surface area contributed by atoms with Crippen molar-refractivity contribution in [2.24, 2.45) is 10.8 Å². The molecule has 14 heteroatoms. The second-order valence-electron chi connectivity index (χ2n) is 6.07. The third-order valence-electron chi connectivity index (χ3n) is 4.59. The second kappa shape index (κ2) is 13.0. The van der Waals surface area contributed by atoms with E-state index in [1.807, 2.05) is 10.6 Å². The Hall–Kier alpha value is -3.84. The number of nitrogens with zero attached hydrogens (tertiary/aromatic N) is 2. The number of nitrogens with one attached hydrogen (secondary N) is 2.